The summed E-state index contributed by atoms with van der Waals surface area (Å²) in [4.78, 5) is 0. The third-order valence-corrected chi connectivity index (χ3v) is 3.26. The van der Waals surface area contributed by atoms with E-state index in [2.05, 4.69) is 37.6 Å². The molecule has 0 bridgehead atoms. The van der Waals surface area contributed by atoms with E-state index < -0.39 is 0 Å². The lowest BCUT2D eigenvalue weighted by Gasteiger charge is -2.23. The van der Waals surface area contributed by atoms with Crippen molar-refractivity contribution in [1.82, 2.24) is 5.32 Å². The van der Waals surface area contributed by atoms with Gasteiger partial charge in [0.1, 0.15) is 0 Å². The number of thioether (sulfide) groups is 1. The Kier molecular flexibility index (Phi) is 3.66. The molecule has 1 atom stereocenters. The van der Waals surface area contributed by atoms with E-state index in [1.807, 2.05) is 11.8 Å². The van der Waals surface area contributed by atoms with Gasteiger partial charge >= 0.3 is 0 Å². The summed E-state index contributed by atoms with van der Waals surface area (Å²) in [6.45, 7) is 9.08. The van der Waals surface area contributed by atoms with Crippen LogP contribution in [0.4, 0.5) is 0 Å². The van der Waals surface area contributed by atoms with Crippen molar-refractivity contribution < 1.29 is 0 Å². The lowest BCUT2D eigenvalue weighted by atomic mass is 10.1. The van der Waals surface area contributed by atoms with Gasteiger partial charge in [-0.25, -0.2) is 0 Å². The van der Waals surface area contributed by atoms with Crippen LogP contribution < -0.4 is 5.32 Å². The zero-order valence-corrected chi connectivity index (χ0v) is 9.08. The van der Waals surface area contributed by atoms with Gasteiger partial charge in [-0.1, -0.05) is 19.9 Å². The minimum Gasteiger partial charge on any atom is -0.315 e. The van der Waals surface area contributed by atoms with Crippen molar-refractivity contribution in [3.63, 3.8) is 0 Å². The van der Waals surface area contributed by atoms with Gasteiger partial charge in [-0.3, -0.25) is 0 Å². The Labute approximate surface area is 80.0 Å². The zero-order chi connectivity index (χ0) is 9.03. The maximum Gasteiger partial charge on any atom is 0.0332 e. The molecule has 0 aromatic carbocycles. The minimum absolute atomic E-state index is 0.425. The molecule has 12 heavy (non-hydrogen) atoms. The molecule has 0 aromatic rings. The number of rotatable bonds is 4. The molecule has 70 valence electrons. The Morgan fingerprint density at radius 2 is 2.33 bits per heavy atom. The maximum absolute atomic E-state index is 3.51. The molecule has 0 radical (unpaired) electrons. The first kappa shape index (κ1) is 10.1. The van der Waals surface area contributed by atoms with E-state index >= 15 is 0 Å². The predicted octanol–water partition coefficient (Wildman–Crippen LogP) is 2.64. The van der Waals surface area contributed by atoms with Gasteiger partial charge in [-0.15, -0.1) is 11.8 Å². The molecule has 1 aliphatic rings. The van der Waals surface area contributed by atoms with Crippen LogP contribution >= 0.6 is 11.8 Å². The van der Waals surface area contributed by atoms with E-state index in [1.165, 1.54) is 6.42 Å². The maximum atomic E-state index is 3.51. The predicted molar refractivity (Wildman–Crippen MR) is 57.5 cm³/mol. The summed E-state index contributed by atoms with van der Waals surface area (Å²) < 4.78 is 0.425. The molecule has 0 aliphatic carbocycles. The fourth-order valence-electron chi connectivity index (χ4n) is 1.30. The second-order valence-electron chi connectivity index (χ2n) is 4.17. The summed E-state index contributed by atoms with van der Waals surface area (Å²) in [7, 11) is 0. The van der Waals surface area contributed by atoms with Gasteiger partial charge < -0.3 is 5.32 Å². The van der Waals surface area contributed by atoms with Crippen molar-refractivity contribution in [3.05, 3.63) is 11.5 Å². The standard InChI is InChI=1S/C10H19NS/c1-9(2)7-11-8-10(3)5-4-6-12-10/h4,6,9,11H,5,7-8H2,1-3H3. The Morgan fingerprint density at radius 3 is 2.83 bits per heavy atom. The second-order valence-corrected chi connectivity index (χ2v) is 5.66. The number of nitrogens with one attached hydrogen (secondary N) is 1. The summed E-state index contributed by atoms with van der Waals surface area (Å²) >= 11 is 1.95. The average Bonchev–Trinajstić information content (AvgIpc) is 2.35. The highest BCUT2D eigenvalue weighted by Crippen LogP contribution is 2.35. The molecular weight excluding hydrogens is 166 g/mol. The molecule has 0 saturated carbocycles. The van der Waals surface area contributed by atoms with Crippen molar-refractivity contribution in [2.75, 3.05) is 13.1 Å². The molecule has 1 heterocycles. The van der Waals surface area contributed by atoms with Crippen LogP contribution in [-0.2, 0) is 0 Å². The van der Waals surface area contributed by atoms with Crippen LogP contribution in [0.5, 0.6) is 0 Å². The highest BCUT2D eigenvalue weighted by Gasteiger charge is 2.25. The van der Waals surface area contributed by atoms with Gasteiger partial charge in [-0.05, 0) is 31.2 Å². The monoisotopic (exact) mass is 185 g/mol. The molecule has 1 N–H and O–H groups in total. The molecule has 0 aromatic heterocycles. The Bertz CT molecular complexity index is 155. The molecule has 1 aliphatic heterocycles. The largest absolute Gasteiger partial charge is 0.315 e. The Hall–Kier alpha value is 0.0500. The van der Waals surface area contributed by atoms with E-state index in [4.69, 9.17) is 0 Å². The van der Waals surface area contributed by atoms with Gasteiger partial charge in [0.15, 0.2) is 0 Å². The summed E-state index contributed by atoms with van der Waals surface area (Å²) in [5, 5.41) is 5.73. The zero-order valence-electron chi connectivity index (χ0n) is 8.26. The third-order valence-electron chi connectivity index (χ3n) is 2.05. The van der Waals surface area contributed by atoms with Crippen molar-refractivity contribution in [2.24, 2.45) is 5.92 Å². The van der Waals surface area contributed by atoms with Crippen LogP contribution in [0.3, 0.4) is 0 Å². The van der Waals surface area contributed by atoms with Crippen LogP contribution in [0.15, 0.2) is 11.5 Å². The Morgan fingerprint density at radius 1 is 1.58 bits per heavy atom. The van der Waals surface area contributed by atoms with E-state index in [0.29, 0.717) is 4.75 Å². The number of hydrogen-bond acceptors (Lipinski definition) is 2. The lowest BCUT2D eigenvalue weighted by molar-refractivity contribution is 0.506. The summed E-state index contributed by atoms with van der Waals surface area (Å²) in [5.41, 5.74) is 0. The van der Waals surface area contributed by atoms with Crippen molar-refractivity contribution in [3.8, 4) is 0 Å². The number of allylic oxidation sites excluding steroid dienone is 1. The van der Waals surface area contributed by atoms with Crippen LogP contribution in [-0.4, -0.2) is 17.8 Å². The van der Waals surface area contributed by atoms with Crippen LogP contribution in [0.1, 0.15) is 27.2 Å². The van der Waals surface area contributed by atoms with Crippen molar-refractivity contribution in [2.45, 2.75) is 31.9 Å². The van der Waals surface area contributed by atoms with Crippen molar-refractivity contribution >= 4 is 11.8 Å². The molecule has 0 saturated heterocycles. The molecule has 0 fully saturated rings. The molecule has 0 amide bonds. The molecule has 1 nitrogen and oxygen atoms in total. The van der Waals surface area contributed by atoms with Crippen LogP contribution in [0, 0.1) is 5.92 Å². The van der Waals surface area contributed by atoms with E-state index in [0.717, 1.165) is 19.0 Å². The quantitative estimate of drug-likeness (QED) is 0.722. The van der Waals surface area contributed by atoms with Crippen molar-refractivity contribution in [1.29, 1.82) is 0 Å². The third kappa shape index (κ3) is 3.20. The van der Waals surface area contributed by atoms with Crippen LogP contribution in [0.25, 0.3) is 0 Å². The molecule has 1 unspecified atom stereocenters. The fraction of sp³-hybridized carbons (Fsp3) is 0.800. The van der Waals surface area contributed by atoms with Gasteiger partial charge in [0.2, 0.25) is 0 Å². The van der Waals surface area contributed by atoms with E-state index in [-0.39, 0.29) is 0 Å². The molecule has 1 rings (SSSR count). The summed E-state index contributed by atoms with van der Waals surface area (Å²) in [6.07, 6.45) is 3.48. The van der Waals surface area contributed by atoms with E-state index in [9.17, 15) is 0 Å². The molecular formula is C10H19NS. The highest BCUT2D eigenvalue weighted by molar-refractivity contribution is 8.03. The smallest absolute Gasteiger partial charge is 0.0332 e. The average molecular weight is 185 g/mol. The normalized spacial score (nSPS) is 28.7. The number of hydrogen-bond donors (Lipinski definition) is 1. The molecule has 2 heteroatoms. The van der Waals surface area contributed by atoms with Gasteiger partial charge in [0.25, 0.3) is 0 Å². The first-order valence-electron chi connectivity index (χ1n) is 4.66. The second kappa shape index (κ2) is 4.33. The SMILES string of the molecule is CC(C)CNCC1(C)CC=CS1. The first-order chi connectivity index (χ1) is 5.62. The fourth-order valence-corrected chi connectivity index (χ4v) is 2.20. The van der Waals surface area contributed by atoms with Gasteiger partial charge in [-0.2, -0.15) is 0 Å². The Balaban J connectivity index is 2.14. The van der Waals surface area contributed by atoms with E-state index in [1.54, 1.807) is 0 Å². The summed E-state index contributed by atoms with van der Waals surface area (Å²) in [5.74, 6) is 0.757. The lowest BCUT2D eigenvalue weighted by Crippen LogP contribution is -2.34. The highest BCUT2D eigenvalue weighted by atomic mass is 32.2. The molecule has 0 spiro atoms. The topological polar surface area (TPSA) is 12.0 Å². The van der Waals surface area contributed by atoms with Gasteiger partial charge in [0.05, 0.1) is 0 Å². The first-order valence-corrected chi connectivity index (χ1v) is 5.54. The minimum atomic E-state index is 0.425. The van der Waals surface area contributed by atoms with Gasteiger partial charge in [0, 0.05) is 11.3 Å². The van der Waals surface area contributed by atoms with Crippen LogP contribution in [0.2, 0.25) is 0 Å². The summed E-state index contributed by atoms with van der Waals surface area (Å²) in [6, 6.07) is 0.